The van der Waals surface area contributed by atoms with Crippen molar-refractivity contribution in [2.24, 2.45) is 0 Å². The van der Waals surface area contributed by atoms with E-state index in [1.54, 1.807) is 24.5 Å². The maximum Gasteiger partial charge on any atom is 0.203 e. The van der Waals surface area contributed by atoms with Crippen LogP contribution in [-0.4, -0.2) is 67.7 Å². The number of aliphatic hydroxyl groups excluding tert-OH is 4. The highest BCUT2D eigenvalue weighted by Crippen LogP contribution is 2.37. The minimum atomic E-state index is -1.51. The Kier molecular flexibility index (Phi) is 4.57. The summed E-state index contributed by atoms with van der Waals surface area (Å²) < 4.78 is 6.42. The van der Waals surface area contributed by atoms with Gasteiger partial charge in [-0.05, 0) is 17.2 Å². The largest absolute Gasteiger partial charge is 0.428 e. The molecule has 1 aliphatic heterocycles. The highest BCUT2D eigenvalue weighted by atomic mass is 16.5. The van der Waals surface area contributed by atoms with Gasteiger partial charge in [-0.2, -0.15) is 4.73 Å². The van der Waals surface area contributed by atoms with E-state index >= 15 is 0 Å². The van der Waals surface area contributed by atoms with Crippen LogP contribution in [0.1, 0.15) is 17.2 Å². The van der Waals surface area contributed by atoms with Crippen LogP contribution < -0.4 is 0 Å². The maximum atomic E-state index is 10.8. The smallest absolute Gasteiger partial charge is 0.203 e. The second-order valence-corrected chi connectivity index (χ2v) is 5.81. The number of fused-ring (bicyclic) bond motifs is 1. The molecule has 8 nitrogen and oxygen atoms in total. The Morgan fingerprint density at radius 2 is 1.92 bits per heavy atom. The minimum Gasteiger partial charge on any atom is -0.428 e. The molecular weight excluding hydrogens is 318 g/mol. The fourth-order valence-electron chi connectivity index (χ4n) is 3.19. The standard InChI is InChI=1S/C16H18NO7/c18-5-4-8-6-17(23)10-3-1-2-9(12(8)10)16-15(22)14(21)13(20)11(7-19)24-16/h1-3,6,11,13-16,19-23H,4,7H2/t11-,13-,14+,15-,16?/m0/s1. The summed E-state index contributed by atoms with van der Waals surface area (Å²) in [5.41, 5.74) is 1.31. The quantitative estimate of drug-likeness (QED) is 0.455. The Morgan fingerprint density at radius 1 is 1.17 bits per heavy atom. The van der Waals surface area contributed by atoms with Crippen molar-refractivity contribution < 1.29 is 35.2 Å². The summed E-state index contributed by atoms with van der Waals surface area (Å²) in [7, 11) is 0. The third-order valence-electron chi connectivity index (χ3n) is 4.38. The molecule has 1 aromatic heterocycles. The van der Waals surface area contributed by atoms with Crippen LogP contribution >= 0.6 is 0 Å². The van der Waals surface area contributed by atoms with Crippen LogP contribution in [0.4, 0.5) is 0 Å². The molecule has 8 heteroatoms. The lowest BCUT2D eigenvalue weighted by Gasteiger charge is -2.40. The number of nitrogens with zero attached hydrogens (tertiary/aromatic N) is 1. The zero-order chi connectivity index (χ0) is 17.4. The van der Waals surface area contributed by atoms with Crippen LogP contribution in [-0.2, 0) is 16.0 Å². The van der Waals surface area contributed by atoms with Crippen LogP contribution in [0.3, 0.4) is 0 Å². The molecule has 0 aliphatic carbocycles. The van der Waals surface area contributed by atoms with Crippen LogP contribution in [0.5, 0.6) is 0 Å². The average Bonchev–Trinajstić information content (AvgIpc) is 2.90. The molecule has 1 aromatic carbocycles. The van der Waals surface area contributed by atoms with Gasteiger partial charge in [0.05, 0.1) is 12.1 Å². The highest BCUT2D eigenvalue weighted by molar-refractivity contribution is 5.89. The number of benzene rings is 1. The second kappa shape index (κ2) is 6.50. The molecule has 0 bridgehead atoms. The zero-order valence-corrected chi connectivity index (χ0v) is 12.6. The summed E-state index contributed by atoms with van der Waals surface area (Å²) in [4.78, 5) is 10.8. The summed E-state index contributed by atoms with van der Waals surface area (Å²) in [5, 5.41) is 49.9. The molecule has 5 N–H and O–H groups in total. The van der Waals surface area contributed by atoms with E-state index in [2.05, 4.69) is 0 Å². The number of ether oxygens (including phenoxy) is 1. The van der Waals surface area contributed by atoms with Crippen LogP contribution in [0.2, 0.25) is 0 Å². The molecule has 1 saturated heterocycles. The van der Waals surface area contributed by atoms with E-state index in [4.69, 9.17) is 4.74 Å². The predicted octanol–water partition coefficient (Wildman–Crippen LogP) is -0.954. The van der Waals surface area contributed by atoms with Crippen LogP contribution in [0.25, 0.3) is 10.9 Å². The van der Waals surface area contributed by atoms with Crippen molar-refractivity contribution >= 4 is 17.2 Å². The highest BCUT2D eigenvalue weighted by Gasteiger charge is 2.44. The average molecular weight is 336 g/mol. The molecule has 1 aliphatic rings. The molecule has 0 amide bonds. The van der Waals surface area contributed by atoms with Gasteiger partial charge in [0.1, 0.15) is 30.5 Å². The van der Waals surface area contributed by atoms with Crippen molar-refractivity contribution in [2.75, 3.05) is 6.61 Å². The number of hydrogen-bond acceptors (Lipinski definition) is 7. The Labute approximate surface area is 137 Å². The molecule has 1 unspecified atom stereocenters. The lowest BCUT2D eigenvalue weighted by atomic mass is 9.89. The van der Waals surface area contributed by atoms with Gasteiger partial charge >= 0.3 is 0 Å². The van der Waals surface area contributed by atoms with E-state index in [9.17, 15) is 30.4 Å². The third-order valence-corrected chi connectivity index (χ3v) is 4.38. The molecule has 3 rings (SSSR count). The van der Waals surface area contributed by atoms with Crippen molar-refractivity contribution in [3.05, 3.63) is 35.5 Å². The molecule has 2 heterocycles. The summed E-state index contributed by atoms with van der Waals surface area (Å²) in [6.45, 7) is -0.534. The summed E-state index contributed by atoms with van der Waals surface area (Å²) in [6.07, 6.45) is -3.43. The van der Waals surface area contributed by atoms with Crippen LogP contribution in [0, 0.1) is 0 Å². The number of aliphatic hydroxyl groups is 4. The maximum absolute atomic E-state index is 10.8. The molecule has 24 heavy (non-hydrogen) atoms. The number of rotatable bonds is 4. The molecule has 2 aromatic rings. The van der Waals surface area contributed by atoms with Gasteiger partial charge in [-0.25, -0.2) is 0 Å². The van der Waals surface area contributed by atoms with Gasteiger partial charge in [-0.15, -0.1) is 0 Å². The number of aromatic nitrogens is 1. The summed E-state index contributed by atoms with van der Waals surface area (Å²) in [6, 6.07) is 4.88. The van der Waals surface area contributed by atoms with Gasteiger partial charge in [0.25, 0.3) is 0 Å². The van der Waals surface area contributed by atoms with Gasteiger partial charge in [0, 0.05) is 18.0 Å². The zero-order valence-electron chi connectivity index (χ0n) is 12.6. The van der Waals surface area contributed by atoms with Gasteiger partial charge in [0.2, 0.25) is 6.29 Å². The Bertz CT molecular complexity index is 741. The first-order chi connectivity index (χ1) is 11.5. The van der Waals surface area contributed by atoms with Gasteiger partial charge in [0.15, 0.2) is 0 Å². The molecule has 0 saturated carbocycles. The Balaban J connectivity index is 2.12. The molecule has 1 radical (unpaired) electrons. The Morgan fingerprint density at radius 3 is 2.58 bits per heavy atom. The first-order valence-electron chi connectivity index (χ1n) is 7.47. The molecule has 129 valence electrons. The minimum absolute atomic E-state index is 0.0709. The van der Waals surface area contributed by atoms with Crippen molar-refractivity contribution in [1.82, 2.24) is 4.73 Å². The first-order valence-corrected chi connectivity index (χ1v) is 7.47. The van der Waals surface area contributed by atoms with E-state index in [1.807, 2.05) is 0 Å². The lowest BCUT2D eigenvalue weighted by Crippen LogP contribution is -2.55. The van der Waals surface area contributed by atoms with Gasteiger partial charge < -0.3 is 30.4 Å². The Hall–Kier alpha value is -1.97. The SMILES string of the molecule is O=[C]Cc1cn(O)c2cccc(C3O[C@@H](CO)[C@H](O)[C@@H](O)[C@@H]3O)c12. The fourth-order valence-corrected chi connectivity index (χ4v) is 3.19. The molecule has 5 atom stereocenters. The van der Waals surface area contributed by atoms with Crippen molar-refractivity contribution in [2.45, 2.75) is 36.9 Å². The number of hydrogen-bond donors (Lipinski definition) is 5. The lowest BCUT2D eigenvalue weighted by molar-refractivity contribution is -0.231. The van der Waals surface area contributed by atoms with Crippen LogP contribution in [0.15, 0.2) is 24.4 Å². The van der Waals surface area contributed by atoms with E-state index in [-0.39, 0.29) is 6.42 Å². The first kappa shape index (κ1) is 16.9. The topological polar surface area (TPSA) is 132 Å². The fraction of sp³-hybridized carbons (Fsp3) is 0.438. The normalized spacial score (nSPS) is 30.6. The third kappa shape index (κ3) is 2.58. The second-order valence-electron chi connectivity index (χ2n) is 5.81. The van der Waals surface area contributed by atoms with Crippen molar-refractivity contribution in [3.63, 3.8) is 0 Å². The summed E-state index contributed by atoms with van der Waals surface area (Å²) >= 11 is 0. The van der Waals surface area contributed by atoms with Crippen molar-refractivity contribution in [3.8, 4) is 0 Å². The molecular formula is C16H18NO7. The van der Waals surface area contributed by atoms with E-state index < -0.39 is 37.1 Å². The van der Waals surface area contributed by atoms with E-state index in [0.717, 1.165) is 4.73 Å². The van der Waals surface area contributed by atoms with E-state index in [1.165, 1.54) is 6.20 Å². The monoisotopic (exact) mass is 336 g/mol. The van der Waals surface area contributed by atoms with E-state index in [0.29, 0.717) is 22.0 Å². The predicted molar refractivity (Wildman–Crippen MR) is 81.2 cm³/mol. The van der Waals surface area contributed by atoms with Gasteiger partial charge in [-0.3, -0.25) is 4.79 Å². The molecule has 1 fully saturated rings. The van der Waals surface area contributed by atoms with Crippen molar-refractivity contribution in [1.29, 1.82) is 0 Å². The number of carbonyl (C=O) groups excluding carboxylic acids is 1. The summed E-state index contributed by atoms with van der Waals surface area (Å²) in [5.74, 6) is 0. The van der Waals surface area contributed by atoms with Gasteiger partial charge in [-0.1, -0.05) is 12.1 Å². The molecule has 0 spiro atoms.